The van der Waals surface area contributed by atoms with E-state index in [0.717, 1.165) is 28.8 Å². The number of benzene rings is 1. The molecule has 1 aromatic heterocycles. The molecule has 0 aliphatic rings. The number of nitrogens with zero attached hydrogens (tertiary/aromatic N) is 1. The van der Waals surface area contributed by atoms with Crippen molar-refractivity contribution in [2.45, 2.75) is 19.8 Å². The van der Waals surface area contributed by atoms with Gasteiger partial charge in [0.25, 0.3) is 0 Å². The summed E-state index contributed by atoms with van der Waals surface area (Å²) in [6.45, 7) is 2.10. The lowest BCUT2D eigenvalue weighted by Crippen LogP contribution is -1.93. The fourth-order valence-electron chi connectivity index (χ4n) is 1.92. The molecule has 0 aliphatic carbocycles. The first-order chi connectivity index (χ1) is 8.69. The molecule has 92 valence electrons. The molecule has 0 fully saturated rings. The second kappa shape index (κ2) is 5.43. The minimum Gasteiger partial charge on any atom is -0.397 e. The molecule has 0 aliphatic heterocycles. The van der Waals surface area contributed by atoms with Crippen LogP contribution >= 0.6 is 22.9 Å². The average molecular weight is 277 g/mol. The molecular weight excluding hydrogens is 264 g/mol. The van der Waals surface area contributed by atoms with Gasteiger partial charge in [0.2, 0.25) is 0 Å². The highest BCUT2D eigenvalue weighted by atomic mass is 35.5. The number of thiophene rings is 1. The van der Waals surface area contributed by atoms with E-state index in [1.165, 1.54) is 11.3 Å². The van der Waals surface area contributed by atoms with Gasteiger partial charge in [-0.05, 0) is 18.1 Å². The van der Waals surface area contributed by atoms with E-state index in [0.29, 0.717) is 15.6 Å². The van der Waals surface area contributed by atoms with Crippen LogP contribution in [0.2, 0.25) is 5.02 Å². The molecule has 2 N–H and O–H groups in total. The predicted octanol–water partition coefficient (Wildman–Crippen LogP) is 4.47. The molecule has 0 bridgehead atoms. The fraction of sp³-hybridized carbons (Fsp3) is 0.214. The van der Waals surface area contributed by atoms with Gasteiger partial charge in [-0.2, -0.15) is 5.26 Å². The molecule has 0 radical (unpaired) electrons. The molecule has 18 heavy (non-hydrogen) atoms. The van der Waals surface area contributed by atoms with Crippen molar-refractivity contribution in [2.75, 3.05) is 5.73 Å². The Morgan fingerprint density at radius 3 is 2.72 bits per heavy atom. The molecule has 0 saturated heterocycles. The molecule has 0 atom stereocenters. The highest BCUT2D eigenvalue weighted by molar-refractivity contribution is 7.17. The lowest BCUT2D eigenvalue weighted by atomic mass is 10.0. The van der Waals surface area contributed by atoms with Crippen LogP contribution in [0, 0.1) is 11.3 Å². The summed E-state index contributed by atoms with van der Waals surface area (Å²) in [6, 6.07) is 9.82. The van der Waals surface area contributed by atoms with Crippen molar-refractivity contribution in [3.05, 3.63) is 39.7 Å². The lowest BCUT2D eigenvalue weighted by molar-refractivity contribution is 0.930. The van der Waals surface area contributed by atoms with Gasteiger partial charge in [0.1, 0.15) is 10.9 Å². The zero-order valence-electron chi connectivity index (χ0n) is 10.0. The van der Waals surface area contributed by atoms with E-state index in [1.807, 2.05) is 24.3 Å². The smallest absolute Gasteiger partial charge is 0.128 e. The van der Waals surface area contributed by atoms with Crippen LogP contribution in [0.25, 0.3) is 10.4 Å². The summed E-state index contributed by atoms with van der Waals surface area (Å²) < 4.78 is 0. The second-order valence-electron chi connectivity index (χ2n) is 3.99. The number of nitrogens with two attached hydrogens (primary N) is 1. The van der Waals surface area contributed by atoms with E-state index in [-0.39, 0.29) is 0 Å². The molecule has 4 heteroatoms. The van der Waals surface area contributed by atoms with Gasteiger partial charge in [-0.1, -0.05) is 43.1 Å². The Morgan fingerprint density at radius 2 is 2.11 bits per heavy atom. The van der Waals surface area contributed by atoms with E-state index >= 15 is 0 Å². The highest BCUT2D eigenvalue weighted by Crippen LogP contribution is 2.41. The van der Waals surface area contributed by atoms with Gasteiger partial charge in [-0.25, -0.2) is 0 Å². The number of rotatable bonds is 3. The summed E-state index contributed by atoms with van der Waals surface area (Å²) in [6.07, 6.45) is 1.85. The number of nitrogen functional groups attached to an aromatic ring is 1. The Morgan fingerprint density at radius 1 is 1.39 bits per heavy atom. The normalized spacial score (nSPS) is 10.3. The first kappa shape index (κ1) is 12.9. The van der Waals surface area contributed by atoms with Gasteiger partial charge in [-0.15, -0.1) is 11.3 Å². The Hall–Kier alpha value is -1.50. The SMILES string of the molecule is CCCc1c(-c2ccccc2Cl)sc(C#N)c1N. The molecule has 2 aromatic rings. The molecule has 1 aromatic carbocycles. The summed E-state index contributed by atoms with van der Waals surface area (Å²) in [5.74, 6) is 0. The minimum atomic E-state index is 0.577. The molecule has 0 unspecified atom stereocenters. The summed E-state index contributed by atoms with van der Waals surface area (Å²) in [4.78, 5) is 1.60. The van der Waals surface area contributed by atoms with Gasteiger partial charge in [0.15, 0.2) is 0 Å². The first-order valence-electron chi connectivity index (χ1n) is 5.75. The maximum atomic E-state index is 9.09. The molecule has 2 rings (SSSR count). The molecule has 2 nitrogen and oxygen atoms in total. The van der Waals surface area contributed by atoms with Gasteiger partial charge in [0, 0.05) is 15.5 Å². The second-order valence-corrected chi connectivity index (χ2v) is 5.42. The summed E-state index contributed by atoms with van der Waals surface area (Å²) in [5.41, 5.74) is 8.65. The van der Waals surface area contributed by atoms with Crippen LogP contribution < -0.4 is 5.73 Å². The molecule has 0 amide bonds. The van der Waals surface area contributed by atoms with Crippen LogP contribution in [0.5, 0.6) is 0 Å². The van der Waals surface area contributed by atoms with E-state index in [9.17, 15) is 0 Å². The third-order valence-corrected chi connectivity index (χ3v) is 4.28. The van der Waals surface area contributed by atoms with Crippen LogP contribution in [-0.2, 0) is 6.42 Å². The van der Waals surface area contributed by atoms with Gasteiger partial charge < -0.3 is 5.73 Å². The number of hydrogen-bond donors (Lipinski definition) is 1. The minimum absolute atomic E-state index is 0.577. The van der Waals surface area contributed by atoms with Crippen LogP contribution in [0.15, 0.2) is 24.3 Å². The van der Waals surface area contributed by atoms with Crippen LogP contribution in [0.3, 0.4) is 0 Å². The number of nitriles is 1. The van der Waals surface area contributed by atoms with Gasteiger partial charge >= 0.3 is 0 Å². The maximum absolute atomic E-state index is 9.09. The quantitative estimate of drug-likeness (QED) is 0.899. The van der Waals surface area contributed by atoms with E-state index in [4.69, 9.17) is 22.6 Å². The van der Waals surface area contributed by atoms with Crippen molar-refractivity contribution < 1.29 is 0 Å². The van der Waals surface area contributed by atoms with Crippen LogP contribution in [-0.4, -0.2) is 0 Å². The van der Waals surface area contributed by atoms with Crippen molar-refractivity contribution in [1.82, 2.24) is 0 Å². The van der Waals surface area contributed by atoms with Crippen molar-refractivity contribution in [1.29, 1.82) is 5.26 Å². The van der Waals surface area contributed by atoms with Gasteiger partial charge in [-0.3, -0.25) is 0 Å². The summed E-state index contributed by atoms with van der Waals surface area (Å²) in [7, 11) is 0. The Labute approximate surface area is 116 Å². The number of halogens is 1. The average Bonchev–Trinajstić information content (AvgIpc) is 2.68. The third kappa shape index (κ3) is 2.22. The largest absolute Gasteiger partial charge is 0.397 e. The lowest BCUT2D eigenvalue weighted by Gasteiger charge is -2.05. The zero-order chi connectivity index (χ0) is 13.1. The number of hydrogen-bond acceptors (Lipinski definition) is 3. The van der Waals surface area contributed by atoms with Crippen LogP contribution in [0.4, 0.5) is 5.69 Å². The van der Waals surface area contributed by atoms with Crippen molar-refractivity contribution in [3.63, 3.8) is 0 Å². The van der Waals surface area contributed by atoms with Gasteiger partial charge in [0.05, 0.1) is 5.69 Å². The monoisotopic (exact) mass is 276 g/mol. The Bertz CT molecular complexity index is 611. The predicted molar refractivity (Wildman–Crippen MR) is 77.9 cm³/mol. The summed E-state index contributed by atoms with van der Waals surface area (Å²) in [5, 5.41) is 9.78. The van der Waals surface area contributed by atoms with Crippen molar-refractivity contribution in [3.8, 4) is 16.5 Å². The van der Waals surface area contributed by atoms with E-state index in [1.54, 1.807) is 0 Å². The third-order valence-electron chi connectivity index (χ3n) is 2.77. The first-order valence-corrected chi connectivity index (χ1v) is 6.94. The Balaban J connectivity index is 2.64. The van der Waals surface area contributed by atoms with E-state index < -0.39 is 0 Å². The molecule has 1 heterocycles. The van der Waals surface area contributed by atoms with Crippen LogP contribution in [0.1, 0.15) is 23.8 Å². The molecule has 0 spiro atoms. The highest BCUT2D eigenvalue weighted by Gasteiger charge is 2.17. The Kier molecular flexibility index (Phi) is 3.90. The van der Waals surface area contributed by atoms with Crippen molar-refractivity contribution in [2.24, 2.45) is 0 Å². The standard InChI is InChI=1S/C14H13ClN2S/c1-2-5-10-13(17)12(8-16)18-14(10)9-6-3-4-7-11(9)15/h3-4,6-7H,2,5,17H2,1H3. The number of anilines is 1. The maximum Gasteiger partial charge on any atom is 0.128 e. The molecular formula is C14H13ClN2S. The zero-order valence-corrected chi connectivity index (χ0v) is 11.6. The fourth-order valence-corrected chi connectivity index (χ4v) is 3.31. The summed E-state index contributed by atoms with van der Waals surface area (Å²) >= 11 is 7.64. The molecule has 0 saturated carbocycles. The topological polar surface area (TPSA) is 49.8 Å². The van der Waals surface area contributed by atoms with Crippen molar-refractivity contribution >= 4 is 28.6 Å². The van der Waals surface area contributed by atoms with E-state index in [2.05, 4.69) is 13.0 Å².